The summed E-state index contributed by atoms with van der Waals surface area (Å²) in [7, 11) is 0. The van der Waals surface area contributed by atoms with Crippen LogP contribution in [0.15, 0.2) is 0 Å². The van der Waals surface area contributed by atoms with Gasteiger partial charge >= 0.3 is 5.97 Å². The van der Waals surface area contributed by atoms with Crippen LogP contribution in [0, 0.1) is 0 Å². The predicted octanol–water partition coefficient (Wildman–Crippen LogP) is -0.138. The van der Waals surface area contributed by atoms with E-state index in [0.29, 0.717) is 13.2 Å². The van der Waals surface area contributed by atoms with Gasteiger partial charge in [0.25, 0.3) is 0 Å². The molecule has 13 heavy (non-hydrogen) atoms. The summed E-state index contributed by atoms with van der Waals surface area (Å²) in [6, 6.07) is 0. The average molecular weight is 235 g/mol. The molecular weight excluding hydrogens is 223 g/mol. The molecule has 0 atom stereocenters. The number of ether oxygens (including phenoxy) is 1. The van der Waals surface area contributed by atoms with Crippen molar-refractivity contribution in [2.75, 3.05) is 26.4 Å². The monoisotopic (exact) mass is 234 g/mol. The van der Waals surface area contributed by atoms with Gasteiger partial charge in [-0.05, 0) is 0 Å². The minimum atomic E-state index is -1.29. The van der Waals surface area contributed by atoms with Crippen LogP contribution < -0.4 is 0 Å². The molecule has 0 heterocycles. The molecule has 0 aliphatic rings. The molecule has 80 valence electrons. The van der Waals surface area contributed by atoms with Gasteiger partial charge in [-0.3, -0.25) is 0 Å². The highest BCUT2D eigenvalue weighted by atomic mass is 35.5. The van der Waals surface area contributed by atoms with Crippen molar-refractivity contribution in [1.82, 2.24) is 0 Å². The summed E-state index contributed by atoms with van der Waals surface area (Å²) in [6.45, 7) is 0.696. The van der Waals surface area contributed by atoms with Crippen LogP contribution in [0.5, 0.6) is 0 Å². The molecule has 3 N–H and O–H groups in total. The smallest absolute Gasteiger partial charge is 0.337 e. The summed E-state index contributed by atoms with van der Waals surface area (Å²) < 4.78 is 4.63. The van der Waals surface area contributed by atoms with Crippen molar-refractivity contribution in [3.8, 4) is 0 Å². The standard InChI is InChI=1S/C4H10O3.C2H2Cl2O2/c5-1-3-7-4-2-6;3-1(4)2(5)6/h5-6H,1-4H2;1H,(H,5,6). The molecule has 0 fully saturated rings. The molecule has 0 aliphatic carbocycles. The summed E-state index contributed by atoms with van der Waals surface area (Å²) in [5, 5.41) is 23.9. The number of hydrogen-bond acceptors (Lipinski definition) is 4. The normalized spacial score (nSPS) is 9.31. The molecule has 5 nitrogen and oxygen atoms in total. The van der Waals surface area contributed by atoms with E-state index in [4.69, 9.17) is 38.5 Å². The van der Waals surface area contributed by atoms with E-state index < -0.39 is 10.8 Å². The van der Waals surface area contributed by atoms with Crippen molar-refractivity contribution >= 4 is 29.2 Å². The van der Waals surface area contributed by atoms with Crippen LogP contribution in [-0.4, -0.2) is 52.6 Å². The zero-order chi connectivity index (χ0) is 10.7. The SMILES string of the molecule is O=C(O)C(Cl)Cl.OCCOCCO. The van der Waals surface area contributed by atoms with Gasteiger partial charge in [-0.2, -0.15) is 0 Å². The molecule has 0 saturated carbocycles. The van der Waals surface area contributed by atoms with E-state index in [9.17, 15) is 4.79 Å². The van der Waals surface area contributed by atoms with Crippen molar-refractivity contribution in [3.63, 3.8) is 0 Å². The number of carbonyl (C=O) groups is 1. The van der Waals surface area contributed by atoms with Crippen LogP contribution in [0.4, 0.5) is 0 Å². The largest absolute Gasteiger partial charge is 0.479 e. The van der Waals surface area contributed by atoms with Crippen LogP contribution in [0.1, 0.15) is 0 Å². The Kier molecular flexibility index (Phi) is 14.1. The molecule has 7 heteroatoms. The molecule has 0 bridgehead atoms. The Morgan fingerprint density at radius 1 is 1.23 bits per heavy atom. The fraction of sp³-hybridized carbons (Fsp3) is 0.833. The first-order valence-electron chi connectivity index (χ1n) is 3.36. The van der Waals surface area contributed by atoms with Crippen LogP contribution in [0.3, 0.4) is 0 Å². The number of rotatable bonds is 5. The van der Waals surface area contributed by atoms with E-state index in [1.807, 2.05) is 0 Å². The minimum absolute atomic E-state index is 0.0278. The summed E-state index contributed by atoms with van der Waals surface area (Å²) in [6.07, 6.45) is 0. The molecule has 0 aromatic carbocycles. The number of aliphatic hydroxyl groups excluding tert-OH is 2. The van der Waals surface area contributed by atoms with Crippen LogP contribution in [0.25, 0.3) is 0 Å². The Balaban J connectivity index is 0. The first-order chi connectivity index (χ1) is 6.06. The topological polar surface area (TPSA) is 87.0 Å². The quantitative estimate of drug-likeness (QED) is 0.456. The zero-order valence-electron chi connectivity index (χ0n) is 6.82. The van der Waals surface area contributed by atoms with Gasteiger partial charge in [0.1, 0.15) is 0 Å². The highest BCUT2D eigenvalue weighted by Gasteiger charge is 2.05. The predicted molar refractivity (Wildman–Crippen MR) is 48.1 cm³/mol. The third-order valence-corrected chi connectivity index (χ3v) is 1.03. The molecule has 0 unspecified atom stereocenters. The van der Waals surface area contributed by atoms with Crippen LogP contribution in [-0.2, 0) is 9.53 Å². The lowest BCUT2D eigenvalue weighted by atomic mass is 10.7. The number of aliphatic hydroxyl groups is 2. The minimum Gasteiger partial charge on any atom is -0.479 e. The summed E-state index contributed by atoms with van der Waals surface area (Å²) >= 11 is 9.56. The Morgan fingerprint density at radius 2 is 1.54 bits per heavy atom. The fourth-order valence-corrected chi connectivity index (χ4v) is 0.231. The highest BCUT2D eigenvalue weighted by Crippen LogP contribution is 1.98. The van der Waals surface area contributed by atoms with E-state index in [1.165, 1.54) is 0 Å². The van der Waals surface area contributed by atoms with Gasteiger partial charge in [-0.25, -0.2) is 4.79 Å². The number of carboxylic acids is 1. The van der Waals surface area contributed by atoms with E-state index in [2.05, 4.69) is 4.74 Å². The van der Waals surface area contributed by atoms with Crippen molar-refractivity contribution in [3.05, 3.63) is 0 Å². The van der Waals surface area contributed by atoms with Crippen molar-refractivity contribution < 1.29 is 24.9 Å². The second kappa shape index (κ2) is 11.9. The lowest BCUT2D eigenvalue weighted by molar-refractivity contribution is -0.135. The number of halogens is 2. The van der Waals surface area contributed by atoms with E-state index in [0.717, 1.165) is 0 Å². The molecule has 0 spiro atoms. The molecule has 0 saturated heterocycles. The van der Waals surface area contributed by atoms with Gasteiger partial charge in [-0.1, -0.05) is 23.2 Å². The fourth-order valence-electron chi connectivity index (χ4n) is 0.231. The summed E-state index contributed by atoms with van der Waals surface area (Å²) in [4.78, 5) is 8.15. The second-order valence-corrected chi connectivity index (χ2v) is 2.79. The Bertz CT molecular complexity index is 116. The Hall–Kier alpha value is -0.0700. The van der Waals surface area contributed by atoms with Gasteiger partial charge < -0.3 is 20.1 Å². The van der Waals surface area contributed by atoms with Gasteiger partial charge in [-0.15, -0.1) is 0 Å². The lowest BCUT2D eigenvalue weighted by Crippen LogP contribution is -2.03. The third-order valence-electron chi connectivity index (χ3n) is 0.658. The van der Waals surface area contributed by atoms with E-state index in [1.54, 1.807) is 0 Å². The van der Waals surface area contributed by atoms with Gasteiger partial charge in [0.15, 0.2) is 0 Å². The van der Waals surface area contributed by atoms with Crippen molar-refractivity contribution in [1.29, 1.82) is 0 Å². The highest BCUT2D eigenvalue weighted by molar-refractivity contribution is 6.52. The molecular formula is C6H12Cl2O5. The maximum Gasteiger partial charge on any atom is 0.337 e. The average Bonchev–Trinajstić information content (AvgIpc) is 2.06. The Labute approximate surface area is 85.8 Å². The maximum atomic E-state index is 9.44. The number of alkyl halides is 2. The number of aliphatic carboxylic acids is 1. The van der Waals surface area contributed by atoms with Gasteiger partial charge in [0.05, 0.1) is 26.4 Å². The first kappa shape index (κ1) is 15.4. The zero-order valence-corrected chi connectivity index (χ0v) is 8.33. The van der Waals surface area contributed by atoms with E-state index >= 15 is 0 Å². The molecule has 0 aromatic rings. The van der Waals surface area contributed by atoms with E-state index in [-0.39, 0.29) is 13.2 Å². The molecule has 0 amide bonds. The van der Waals surface area contributed by atoms with Gasteiger partial charge in [0, 0.05) is 0 Å². The Morgan fingerprint density at radius 3 is 1.69 bits per heavy atom. The summed E-state index contributed by atoms with van der Waals surface area (Å²) in [5.74, 6) is -1.21. The van der Waals surface area contributed by atoms with Crippen molar-refractivity contribution in [2.24, 2.45) is 0 Å². The third kappa shape index (κ3) is 18.7. The molecule has 0 aromatic heterocycles. The molecule has 0 rings (SSSR count). The number of carboxylic acid groups (broad SMARTS) is 1. The van der Waals surface area contributed by atoms with Crippen LogP contribution in [0.2, 0.25) is 0 Å². The lowest BCUT2D eigenvalue weighted by Gasteiger charge is -1.94. The second-order valence-electron chi connectivity index (χ2n) is 1.70. The molecule has 0 aliphatic heterocycles. The molecule has 0 radical (unpaired) electrons. The first-order valence-corrected chi connectivity index (χ1v) is 4.24. The van der Waals surface area contributed by atoms with Crippen molar-refractivity contribution in [2.45, 2.75) is 4.84 Å². The number of hydrogen-bond donors (Lipinski definition) is 3. The summed E-state index contributed by atoms with van der Waals surface area (Å²) in [5.41, 5.74) is 0. The maximum absolute atomic E-state index is 9.44. The van der Waals surface area contributed by atoms with Gasteiger partial charge in [0.2, 0.25) is 4.84 Å². The van der Waals surface area contributed by atoms with Crippen LogP contribution >= 0.6 is 23.2 Å².